The topological polar surface area (TPSA) is 67.6 Å². The molecule has 1 atom stereocenters. The molecular formula is C21H20ClN5O. The van der Waals surface area contributed by atoms with Gasteiger partial charge in [0.1, 0.15) is 11.4 Å². The minimum atomic E-state index is -0.126. The van der Waals surface area contributed by atoms with Crippen LogP contribution in [0.1, 0.15) is 40.5 Å². The lowest BCUT2D eigenvalue weighted by molar-refractivity contribution is 0.0932. The Bertz CT molecular complexity index is 1170. The van der Waals surface area contributed by atoms with E-state index < -0.39 is 0 Å². The number of hydrogen-bond donors (Lipinski definition) is 2. The molecule has 1 aliphatic rings. The van der Waals surface area contributed by atoms with Crippen LogP contribution in [0.15, 0.2) is 48.9 Å². The van der Waals surface area contributed by atoms with Gasteiger partial charge in [-0.2, -0.15) is 5.10 Å². The summed E-state index contributed by atoms with van der Waals surface area (Å²) in [4.78, 5) is 16.6. The van der Waals surface area contributed by atoms with E-state index >= 15 is 0 Å². The summed E-state index contributed by atoms with van der Waals surface area (Å²) >= 11 is 6.37. The first kappa shape index (κ1) is 17.1. The third kappa shape index (κ3) is 2.64. The van der Waals surface area contributed by atoms with Gasteiger partial charge >= 0.3 is 0 Å². The van der Waals surface area contributed by atoms with Crippen molar-refractivity contribution in [2.24, 2.45) is 7.05 Å². The first-order chi connectivity index (χ1) is 13.6. The van der Waals surface area contributed by atoms with Crippen LogP contribution < -0.4 is 5.32 Å². The first-order valence-corrected chi connectivity index (χ1v) is 9.76. The van der Waals surface area contributed by atoms with Crippen molar-refractivity contribution < 1.29 is 4.79 Å². The van der Waals surface area contributed by atoms with Gasteiger partial charge in [-0.15, -0.1) is 0 Å². The number of carbonyl (C=O) groups is 1. The van der Waals surface area contributed by atoms with Gasteiger partial charge in [0.25, 0.3) is 5.91 Å². The van der Waals surface area contributed by atoms with Crippen molar-refractivity contribution in [2.45, 2.75) is 25.3 Å². The molecular weight excluding hydrogens is 374 g/mol. The van der Waals surface area contributed by atoms with Crippen molar-refractivity contribution in [3.63, 3.8) is 0 Å². The third-order valence-electron chi connectivity index (χ3n) is 5.50. The Hall–Kier alpha value is -2.99. The fourth-order valence-corrected chi connectivity index (χ4v) is 4.43. The second kappa shape index (κ2) is 6.56. The highest BCUT2D eigenvalue weighted by molar-refractivity contribution is 6.35. The predicted octanol–water partition coefficient (Wildman–Crippen LogP) is 4.15. The van der Waals surface area contributed by atoms with Crippen LogP contribution >= 0.6 is 11.6 Å². The van der Waals surface area contributed by atoms with Gasteiger partial charge in [-0.3, -0.25) is 9.48 Å². The molecule has 0 bridgehead atoms. The molecule has 0 spiro atoms. The zero-order chi connectivity index (χ0) is 19.3. The lowest BCUT2D eigenvalue weighted by atomic mass is 9.91. The first-order valence-electron chi connectivity index (χ1n) is 9.38. The van der Waals surface area contributed by atoms with E-state index in [1.165, 1.54) is 5.56 Å². The van der Waals surface area contributed by atoms with Gasteiger partial charge in [0.15, 0.2) is 0 Å². The Morgan fingerprint density at radius 2 is 2.11 bits per heavy atom. The summed E-state index contributed by atoms with van der Waals surface area (Å²) in [6, 6.07) is 9.73. The molecule has 28 heavy (non-hydrogen) atoms. The van der Waals surface area contributed by atoms with Crippen LogP contribution in [0.5, 0.6) is 0 Å². The molecule has 1 aliphatic carbocycles. The van der Waals surface area contributed by atoms with Gasteiger partial charge in [0, 0.05) is 30.5 Å². The van der Waals surface area contributed by atoms with Gasteiger partial charge in [-0.25, -0.2) is 0 Å². The Morgan fingerprint density at radius 3 is 2.93 bits per heavy atom. The normalized spacial score (nSPS) is 16.3. The van der Waals surface area contributed by atoms with E-state index in [1.54, 1.807) is 10.9 Å². The van der Waals surface area contributed by atoms with Gasteiger partial charge in [-0.05, 0) is 43.0 Å². The van der Waals surface area contributed by atoms with Gasteiger partial charge in [0.05, 0.1) is 22.8 Å². The maximum Gasteiger partial charge on any atom is 0.257 e. The second-order valence-electron chi connectivity index (χ2n) is 7.19. The monoisotopic (exact) mass is 393 g/mol. The van der Waals surface area contributed by atoms with Crippen molar-refractivity contribution in [3.8, 4) is 5.82 Å². The Labute approximate surface area is 167 Å². The number of H-pyrrole nitrogens is 1. The maximum atomic E-state index is 13.1. The quantitative estimate of drug-likeness (QED) is 0.549. The summed E-state index contributed by atoms with van der Waals surface area (Å²) in [6.07, 6.45) is 8.34. The fourth-order valence-electron chi connectivity index (χ4n) is 4.21. The van der Waals surface area contributed by atoms with Crippen LogP contribution in [-0.2, 0) is 13.5 Å². The fraction of sp³-hybridized carbons (Fsp3) is 0.238. The smallest absolute Gasteiger partial charge is 0.257 e. The van der Waals surface area contributed by atoms with Gasteiger partial charge < -0.3 is 14.9 Å². The number of rotatable bonds is 3. The van der Waals surface area contributed by atoms with Crippen LogP contribution in [-0.4, -0.2) is 25.2 Å². The van der Waals surface area contributed by atoms with Crippen molar-refractivity contribution in [3.05, 3.63) is 70.8 Å². The number of aromatic nitrogens is 4. The molecule has 3 heterocycles. The number of fused-ring (bicyclic) bond motifs is 3. The third-order valence-corrected chi connectivity index (χ3v) is 5.81. The molecule has 0 fully saturated rings. The summed E-state index contributed by atoms with van der Waals surface area (Å²) in [7, 11) is 1.84. The average molecular weight is 394 g/mol. The Kier molecular flexibility index (Phi) is 4.02. The second-order valence-corrected chi connectivity index (χ2v) is 7.60. The minimum Gasteiger partial charge on any atom is -0.355 e. The number of hydrogen-bond acceptors (Lipinski definition) is 2. The number of amides is 1. The van der Waals surface area contributed by atoms with E-state index in [-0.39, 0.29) is 11.9 Å². The van der Waals surface area contributed by atoms with Gasteiger partial charge in [-0.1, -0.05) is 23.7 Å². The number of benzene rings is 1. The van der Waals surface area contributed by atoms with Crippen LogP contribution in [0.25, 0.3) is 16.7 Å². The van der Waals surface area contributed by atoms with Crippen molar-refractivity contribution in [2.75, 3.05) is 0 Å². The van der Waals surface area contributed by atoms with Crippen molar-refractivity contribution in [1.82, 2.24) is 24.6 Å². The molecule has 1 aromatic carbocycles. The van der Waals surface area contributed by atoms with Crippen LogP contribution in [0.2, 0.25) is 5.02 Å². The summed E-state index contributed by atoms with van der Waals surface area (Å²) in [5.74, 6) is 0.623. The molecule has 2 N–H and O–H groups in total. The maximum absolute atomic E-state index is 13.1. The molecule has 0 radical (unpaired) electrons. The summed E-state index contributed by atoms with van der Waals surface area (Å²) < 4.78 is 3.61. The molecule has 1 amide bonds. The molecule has 7 heteroatoms. The number of nitrogens with zero attached hydrogens (tertiary/aromatic N) is 3. The molecule has 0 unspecified atom stereocenters. The van der Waals surface area contributed by atoms with E-state index in [1.807, 2.05) is 48.3 Å². The molecule has 3 aromatic heterocycles. The molecule has 142 valence electrons. The minimum absolute atomic E-state index is 0.0718. The lowest BCUT2D eigenvalue weighted by Gasteiger charge is -2.24. The summed E-state index contributed by atoms with van der Waals surface area (Å²) in [6.45, 7) is 0. The predicted molar refractivity (Wildman–Crippen MR) is 109 cm³/mol. The Morgan fingerprint density at radius 1 is 1.29 bits per heavy atom. The molecule has 0 aliphatic heterocycles. The number of aromatic amines is 1. The highest BCUT2D eigenvalue weighted by Crippen LogP contribution is 2.37. The lowest BCUT2D eigenvalue weighted by Crippen LogP contribution is -2.31. The van der Waals surface area contributed by atoms with Gasteiger partial charge in [0.2, 0.25) is 0 Å². The van der Waals surface area contributed by atoms with Crippen molar-refractivity contribution >= 4 is 28.4 Å². The molecule has 0 saturated heterocycles. The number of halogens is 1. The summed E-state index contributed by atoms with van der Waals surface area (Å²) in [5.41, 5.74) is 3.82. The molecule has 4 aromatic rings. The van der Waals surface area contributed by atoms with E-state index in [4.69, 9.17) is 11.6 Å². The van der Waals surface area contributed by atoms with E-state index in [9.17, 15) is 4.79 Å². The standard InChI is InChI=1S/C21H20ClN5O/c1-26-21(27-10-2-3-11-27)15(12-23-26)20(28)24-17-9-5-7-14-13-6-4-8-16(22)18(13)25-19(14)17/h2-4,6,8,10-12,17,25H,5,7,9H2,1H3,(H,24,28)/t17-/m0/s1. The number of carbonyl (C=O) groups excluding carboxylic acids is 1. The van der Waals surface area contributed by atoms with Crippen molar-refractivity contribution in [1.29, 1.82) is 0 Å². The molecule has 6 nitrogen and oxygen atoms in total. The van der Waals surface area contributed by atoms with E-state index in [0.29, 0.717) is 10.6 Å². The number of para-hydroxylation sites is 1. The zero-order valence-corrected chi connectivity index (χ0v) is 16.2. The van der Waals surface area contributed by atoms with E-state index in [0.717, 1.165) is 41.7 Å². The largest absolute Gasteiger partial charge is 0.355 e. The highest BCUT2D eigenvalue weighted by atomic mass is 35.5. The zero-order valence-electron chi connectivity index (χ0n) is 15.4. The summed E-state index contributed by atoms with van der Waals surface area (Å²) in [5, 5.41) is 9.35. The Balaban J connectivity index is 1.50. The highest BCUT2D eigenvalue weighted by Gasteiger charge is 2.28. The molecule has 5 rings (SSSR count). The van der Waals surface area contributed by atoms with Crippen LogP contribution in [0.3, 0.4) is 0 Å². The molecule has 0 saturated carbocycles. The number of aryl methyl sites for hydroxylation is 2. The van der Waals surface area contributed by atoms with E-state index in [2.05, 4.69) is 21.5 Å². The average Bonchev–Trinajstić information content (AvgIpc) is 3.40. The van der Waals surface area contributed by atoms with Crippen LogP contribution in [0, 0.1) is 0 Å². The number of nitrogens with one attached hydrogen (secondary N) is 2. The SMILES string of the molecule is Cn1ncc(C(=O)N[C@H]2CCCc3c2[nH]c2c(Cl)cccc32)c1-n1cccc1. The van der Waals surface area contributed by atoms with Crippen LogP contribution in [0.4, 0.5) is 0 Å².